The highest BCUT2D eigenvalue weighted by Gasteiger charge is 2.38. The van der Waals surface area contributed by atoms with Crippen LogP contribution in [-0.4, -0.2) is 11.9 Å². The zero-order valence-corrected chi connectivity index (χ0v) is 12.6. The van der Waals surface area contributed by atoms with Gasteiger partial charge in [-0.25, -0.2) is 4.79 Å². The summed E-state index contributed by atoms with van der Waals surface area (Å²) in [5.74, 6) is -1.51. The Bertz CT molecular complexity index is 780. The van der Waals surface area contributed by atoms with Crippen LogP contribution in [0.3, 0.4) is 0 Å². The van der Waals surface area contributed by atoms with Crippen LogP contribution in [0.15, 0.2) is 65.9 Å². The number of cyclic esters (lactones) is 1. The predicted molar refractivity (Wildman–Crippen MR) is 86.3 cm³/mol. The quantitative estimate of drug-likeness (QED) is 0.671. The number of amides is 1. The molecule has 5 heteroatoms. The zero-order chi connectivity index (χ0) is 16.4. The number of carbonyl (C=O) groups is 2. The second-order valence-corrected chi connectivity index (χ2v) is 5.34. The molecule has 0 saturated heterocycles. The Morgan fingerprint density at radius 1 is 1.09 bits per heavy atom. The molecule has 3 N–H and O–H groups in total. The van der Waals surface area contributed by atoms with Gasteiger partial charge in [0.05, 0.1) is 5.70 Å². The molecule has 3 rings (SSSR count). The first-order valence-corrected chi connectivity index (χ1v) is 7.20. The number of carbonyl (C=O) groups excluding carboxylic acids is 2. The smallest absolute Gasteiger partial charge is 0.346 e. The zero-order valence-electron chi connectivity index (χ0n) is 12.6. The molecule has 1 atom stereocenters. The second-order valence-electron chi connectivity index (χ2n) is 5.34. The van der Waals surface area contributed by atoms with Crippen LogP contribution in [0.4, 0.5) is 5.69 Å². The SMILES string of the molecule is Cc1ccc(NC2=C(C(N)=O)C(=O)OC2c2ccccc2)cc1. The Balaban J connectivity index is 2.03. The molecule has 1 unspecified atom stereocenters. The normalized spacial score (nSPS) is 17.1. The fraction of sp³-hybridized carbons (Fsp3) is 0.111. The van der Waals surface area contributed by atoms with Crippen LogP contribution in [0, 0.1) is 6.92 Å². The first kappa shape index (κ1) is 14.8. The largest absolute Gasteiger partial charge is 0.447 e. The molecule has 116 valence electrons. The summed E-state index contributed by atoms with van der Waals surface area (Å²) < 4.78 is 5.35. The molecule has 0 fully saturated rings. The minimum atomic E-state index is -0.803. The van der Waals surface area contributed by atoms with E-state index in [1.54, 1.807) is 0 Å². The van der Waals surface area contributed by atoms with E-state index >= 15 is 0 Å². The van der Waals surface area contributed by atoms with Crippen molar-refractivity contribution in [1.29, 1.82) is 0 Å². The van der Waals surface area contributed by atoms with Gasteiger partial charge in [0.15, 0.2) is 6.10 Å². The standard InChI is InChI=1S/C18H16N2O3/c1-11-7-9-13(10-8-11)20-15-14(17(19)21)18(22)23-16(15)12-5-3-2-4-6-12/h2-10,16,20H,1H3,(H2,19,21). The number of anilines is 1. The molecule has 23 heavy (non-hydrogen) atoms. The van der Waals surface area contributed by atoms with E-state index in [2.05, 4.69) is 5.32 Å². The molecule has 1 aliphatic rings. The minimum Gasteiger partial charge on any atom is -0.447 e. The average molecular weight is 308 g/mol. The van der Waals surface area contributed by atoms with Crippen LogP contribution >= 0.6 is 0 Å². The second kappa shape index (κ2) is 5.96. The molecule has 1 amide bonds. The molecule has 5 nitrogen and oxygen atoms in total. The molecule has 0 spiro atoms. The summed E-state index contributed by atoms with van der Waals surface area (Å²) in [7, 11) is 0. The van der Waals surface area contributed by atoms with Gasteiger partial charge in [-0.3, -0.25) is 4.79 Å². The maximum absolute atomic E-state index is 12.0. The van der Waals surface area contributed by atoms with Gasteiger partial charge in [0, 0.05) is 5.69 Å². The third-order valence-electron chi connectivity index (χ3n) is 3.64. The van der Waals surface area contributed by atoms with Gasteiger partial charge in [0.2, 0.25) is 0 Å². The van der Waals surface area contributed by atoms with Crippen molar-refractivity contribution in [1.82, 2.24) is 0 Å². The molecule has 2 aromatic rings. The van der Waals surface area contributed by atoms with E-state index in [0.717, 1.165) is 16.8 Å². The monoisotopic (exact) mass is 308 g/mol. The number of hydrogen-bond acceptors (Lipinski definition) is 4. The van der Waals surface area contributed by atoms with Gasteiger partial charge in [-0.05, 0) is 24.6 Å². The Morgan fingerprint density at radius 3 is 2.35 bits per heavy atom. The molecule has 0 bridgehead atoms. The Kier molecular flexibility index (Phi) is 3.85. The van der Waals surface area contributed by atoms with Gasteiger partial charge in [0.1, 0.15) is 5.57 Å². The summed E-state index contributed by atoms with van der Waals surface area (Å²) in [5.41, 5.74) is 8.22. The lowest BCUT2D eigenvalue weighted by Crippen LogP contribution is -2.20. The van der Waals surface area contributed by atoms with E-state index < -0.39 is 18.0 Å². The maximum atomic E-state index is 12.0. The maximum Gasteiger partial charge on any atom is 0.346 e. The van der Waals surface area contributed by atoms with E-state index in [-0.39, 0.29) is 5.57 Å². The van der Waals surface area contributed by atoms with Crippen LogP contribution in [0.25, 0.3) is 0 Å². The first-order chi connectivity index (χ1) is 11.1. The van der Waals surface area contributed by atoms with Crippen molar-refractivity contribution in [2.75, 3.05) is 5.32 Å². The Hall–Kier alpha value is -3.08. The highest BCUT2D eigenvalue weighted by atomic mass is 16.5. The lowest BCUT2D eigenvalue weighted by Gasteiger charge is -2.16. The average Bonchev–Trinajstić information content (AvgIpc) is 2.87. The van der Waals surface area contributed by atoms with Crippen molar-refractivity contribution in [3.05, 3.63) is 77.0 Å². The summed E-state index contributed by atoms with van der Waals surface area (Å²) in [4.78, 5) is 23.7. The number of benzene rings is 2. The summed E-state index contributed by atoms with van der Waals surface area (Å²) in [5, 5.41) is 3.11. The summed E-state index contributed by atoms with van der Waals surface area (Å²) in [6.45, 7) is 1.98. The molecule has 1 heterocycles. The van der Waals surface area contributed by atoms with Crippen molar-refractivity contribution in [2.24, 2.45) is 5.73 Å². The van der Waals surface area contributed by atoms with Gasteiger partial charge in [0.25, 0.3) is 5.91 Å². The van der Waals surface area contributed by atoms with Crippen LogP contribution in [0.2, 0.25) is 0 Å². The van der Waals surface area contributed by atoms with Gasteiger partial charge in [-0.1, -0.05) is 48.0 Å². The van der Waals surface area contributed by atoms with Crippen molar-refractivity contribution in [3.8, 4) is 0 Å². The summed E-state index contributed by atoms with van der Waals surface area (Å²) >= 11 is 0. The van der Waals surface area contributed by atoms with E-state index in [1.165, 1.54) is 0 Å². The number of hydrogen-bond donors (Lipinski definition) is 2. The Morgan fingerprint density at radius 2 is 1.74 bits per heavy atom. The number of nitrogens with two attached hydrogens (primary N) is 1. The predicted octanol–water partition coefficient (Wildman–Crippen LogP) is 2.44. The van der Waals surface area contributed by atoms with Gasteiger partial charge in [-0.2, -0.15) is 0 Å². The van der Waals surface area contributed by atoms with Crippen LogP contribution in [0.5, 0.6) is 0 Å². The first-order valence-electron chi connectivity index (χ1n) is 7.20. The van der Waals surface area contributed by atoms with Crippen LogP contribution in [0.1, 0.15) is 17.2 Å². The third kappa shape index (κ3) is 2.94. The minimum absolute atomic E-state index is 0.139. The molecule has 0 aromatic heterocycles. The molecule has 0 radical (unpaired) electrons. The highest BCUT2D eigenvalue weighted by Crippen LogP contribution is 2.35. The van der Waals surface area contributed by atoms with E-state index in [0.29, 0.717) is 5.70 Å². The molecule has 0 aliphatic carbocycles. The van der Waals surface area contributed by atoms with Gasteiger partial charge >= 0.3 is 5.97 Å². The number of esters is 1. The van der Waals surface area contributed by atoms with Crippen molar-refractivity contribution in [2.45, 2.75) is 13.0 Å². The number of primary amides is 1. The lowest BCUT2D eigenvalue weighted by atomic mass is 10.0. The topological polar surface area (TPSA) is 81.4 Å². The number of nitrogens with one attached hydrogen (secondary N) is 1. The van der Waals surface area contributed by atoms with Gasteiger partial charge < -0.3 is 15.8 Å². The van der Waals surface area contributed by atoms with Crippen molar-refractivity contribution >= 4 is 17.6 Å². The van der Waals surface area contributed by atoms with Crippen molar-refractivity contribution < 1.29 is 14.3 Å². The van der Waals surface area contributed by atoms with Crippen LogP contribution < -0.4 is 11.1 Å². The molecule has 1 aliphatic heterocycles. The number of rotatable bonds is 4. The van der Waals surface area contributed by atoms with Gasteiger partial charge in [-0.15, -0.1) is 0 Å². The molecule has 2 aromatic carbocycles. The summed E-state index contributed by atoms with van der Waals surface area (Å²) in [6.07, 6.45) is -0.674. The number of aryl methyl sites for hydroxylation is 1. The molecular formula is C18H16N2O3. The van der Waals surface area contributed by atoms with E-state index in [1.807, 2.05) is 61.5 Å². The third-order valence-corrected chi connectivity index (χ3v) is 3.64. The molecular weight excluding hydrogens is 292 g/mol. The van der Waals surface area contributed by atoms with Crippen molar-refractivity contribution in [3.63, 3.8) is 0 Å². The summed E-state index contributed by atoms with van der Waals surface area (Å²) in [6, 6.07) is 16.8. The lowest BCUT2D eigenvalue weighted by molar-refractivity contribution is -0.141. The fourth-order valence-electron chi connectivity index (χ4n) is 2.48. The number of ether oxygens (including phenoxy) is 1. The fourth-order valence-corrected chi connectivity index (χ4v) is 2.48. The highest BCUT2D eigenvalue weighted by molar-refractivity contribution is 6.18. The van der Waals surface area contributed by atoms with Crippen LogP contribution in [-0.2, 0) is 14.3 Å². The Labute approximate surface area is 133 Å². The van der Waals surface area contributed by atoms with E-state index in [4.69, 9.17) is 10.5 Å². The van der Waals surface area contributed by atoms with E-state index in [9.17, 15) is 9.59 Å². The molecule has 0 saturated carbocycles.